The Labute approximate surface area is 173 Å². The molecule has 2 aliphatic rings. The molecule has 3 amide bonds. The van der Waals surface area contributed by atoms with E-state index in [-0.39, 0.29) is 17.9 Å². The largest absolute Gasteiger partial charge is 0.447 e. The van der Waals surface area contributed by atoms with Gasteiger partial charge in [-0.05, 0) is 43.5 Å². The lowest BCUT2D eigenvalue weighted by Gasteiger charge is -2.28. The summed E-state index contributed by atoms with van der Waals surface area (Å²) < 4.78 is 5.17. The number of carbonyl (C=O) groups is 3. The third-order valence-corrected chi connectivity index (χ3v) is 5.84. The molecule has 150 valence electrons. The van der Waals surface area contributed by atoms with Gasteiger partial charge in [-0.3, -0.25) is 19.8 Å². The minimum absolute atomic E-state index is 0.252. The van der Waals surface area contributed by atoms with Crippen molar-refractivity contribution in [1.82, 2.24) is 5.32 Å². The fraction of sp³-hybridized carbons (Fsp3) is 0.318. The summed E-state index contributed by atoms with van der Waals surface area (Å²) in [7, 11) is 0. The molecule has 0 aliphatic carbocycles. The Morgan fingerprint density at radius 2 is 1.83 bits per heavy atom. The summed E-state index contributed by atoms with van der Waals surface area (Å²) in [5.41, 5.74) is 2.71. The number of rotatable bonds is 3. The number of benzene rings is 2. The van der Waals surface area contributed by atoms with Crippen molar-refractivity contribution in [2.75, 3.05) is 11.5 Å². The van der Waals surface area contributed by atoms with Crippen molar-refractivity contribution < 1.29 is 19.1 Å². The van der Waals surface area contributed by atoms with Gasteiger partial charge in [0.1, 0.15) is 6.61 Å². The Bertz CT molecular complexity index is 1000. The van der Waals surface area contributed by atoms with E-state index in [0.29, 0.717) is 30.0 Å². The van der Waals surface area contributed by atoms with E-state index in [1.165, 1.54) is 0 Å². The highest BCUT2D eigenvalue weighted by molar-refractivity contribution is 6.34. The molecule has 2 heterocycles. The highest BCUT2D eigenvalue weighted by Crippen LogP contribution is 2.38. The van der Waals surface area contributed by atoms with Crippen LogP contribution in [-0.4, -0.2) is 30.1 Å². The van der Waals surface area contributed by atoms with Gasteiger partial charge in [0.15, 0.2) is 0 Å². The molecular formula is C22H21ClN2O4. The number of amides is 3. The van der Waals surface area contributed by atoms with Gasteiger partial charge >= 0.3 is 6.09 Å². The van der Waals surface area contributed by atoms with Gasteiger partial charge in [0.2, 0.25) is 11.8 Å². The molecule has 0 saturated carbocycles. The van der Waals surface area contributed by atoms with Crippen molar-refractivity contribution in [3.05, 3.63) is 53.1 Å². The summed E-state index contributed by atoms with van der Waals surface area (Å²) in [5, 5.41) is 2.87. The van der Waals surface area contributed by atoms with Crippen molar-refractivity contribution in [3.8, 4) is 11.1 Å². The Kier molecular flexibility index (Phi) is 4.82. The predicted octanol–water partition coefficient (Wildman–Crippen LogP) is 4.26. The van der Waals surface area contributed by atoms with E-state index in [0.717, 1.165) is 16.8 Å². The fourth-order valence-corrected chi connectivity index (χ4v) is 4.26. The molecule has 2 saturated heterocycles. The minimum Gasteiger partial charge on any atom is -0.447 e. The highest BCUT2D eigenvalue weighted by Gasteiger charge is 2.40. The number of carbonyl (C=O) groups excluding carboxylic acids is 3. The SMILES string of the molecule is CC1(C)COC(=O)N1c1ccc(-c2cccc(C3CCC(=O)NC3=O)c2Cl)cc1. The van der Waals surface area contributed by atoms with Gasteiger partial charge in [0.25, 0.3) is 0 Å². The number of imide groups is 1. The molecular weight excluding hydrogens is 392 g/mol. The van der Waals surface area contributed by atoms with E-state index in [1.807, 2.05) is 56.3 Å². The van der Waals surface area contributed by atoms with Crippen molar-refractivity contribution in [2.45, 2.75) is 38.1 Å². The van der Waals surface area contributed by atoms with Gasteiger partial charge < -0.3 is 4.74 Å². The normalized spacial score (nSPS) is 21.1. The zero-order valence-corrected chi connectivity index (χ0v) is 17.0. The third-order valence-electron chi connectivity index (χ3n) is 5.42. The van der Waals surface area contributed by atoms with E-state index in [1.54, 1.807) is 4.90 Å². The molecule has 29 heavy (non-hydrogen) atoms. The van der Waals surface area contributed by atoms with Gasteiger partial charge in [0.05, 0.1) is 16.5 Å². The van der Waals surface area contributed by atoms with Crippen LogP contribution in [0.2, 0.25) is 5.02 Å². The first-order chi connectivity index (χ1) is 13.8. The van der Waals surface area contributed by atoms with E-state index >= 15 is 0 Å². The van der Waals surface area contributed by atoms with Crippen LogP contribution in [0, 0.1) is 0 Å². The number of hydrogen-bond donors (Lipinski definition) is 1. The summed E-state index contributed by atoms with van der Waals surface area (Å²) in [6.07, 6.45) is 0.382. The molecule has 2 fully saturated rings. The molecule has 4 rings (SSSR count). The molecule has 1 N–H and O–H groups in total. The maximum atomic E-state index is 12.2. The lowest BCUT2D eigenvalue weighted by Crippen LogP contribution is -2.42. The molecule has 0 aromatic heterocycles. The van der Waals surface area contributed by atoms with Crippen molar-refractivity contribution in [1.29, 1.82) is 0 Å². The van der Waals surface area contributed by atoms with Crippen molar-refractivity contribution in [2.24, 2.45) is 0 Å². The number of ether oxygens (including phenoxy) is 1. The first-order valence-corrected chi connectivity index (χ1v) is 9.85. The Morgan fingerprint density at radius 1 is 1.10 bits per heavy atom. The fourth-order valence-electron chi connectivity index (χ4n) is 3.89. The number of anilines is 1. The summed E-state index contributed by atoms with van der Waals surface area (Å²) in [4.78, 5) is 37.4. The van der Waals surface area contributed by atoms with Crippen LogP contribution < -0.4 is 10.2 Å². The number of hydrogen-bond acceptors (Lipinski definition) is 4. The van der Waals surface area contributed by atoms with Crippen LogP contribution in [0.1, 0.15) is 38.2 Å². The van der Waals surface area contributed by atoms with Gasteiger partial charge in [-0.2, -0.15) is 0 Å². The number of halogens is 1. The van der Waals surface area contributed by atoms with E-state index < -0.39 is 11.5 Å². The second-order valence-electron chi connectivity index (χ2n) is 7.96. The summed E-state index contributed by atoms with van der Waals surface area (Å²) in [6.45, 7) is 4.24. The Hall–Kier alpha value is -2.86. The van der Waals surface area contributed by atoms with Crippen LogP contribution >= 0.6 is 11.6 Å². The van der Waals surface area contributed by atoms with Gasteiger partial charge in [-0.25, -0.2) is 4.79 Å². The number of piperidine rings is 1. The van der Waals surface area contributed by atoms with Gasteiger partial charge in [0, 0.05) is 17.7 Å². The monoisotopic (exact) mass is 412 g/mol. The average molecular weight is 413 g/mol. The third kappa shape index (κ3) is 3.49. The maximum Gasteiger partial charge on any atom is 0.414 e. The summed E-state index contributed by atoms with van der Waals surface area (Å²) in [6, 6.07) is 13.1. The first kappa shape index (κ1) is 19.5. The molecule has 2 aromatic carbocycles. The lowest BCUT2D eigenvalue weighted by atomic mass is 9.88. The lowest BCUT2D eigenvalue weighted by molar-refractivity contribution is -0.134. The highest BCUT2D eigenvalue weighted by atomic mass is 35.5. The molecule has 2 aliphatic heterocycles. The van der Waals surface area contributed by atoms with Crippen LogP contribution in [0.25, 0.3) is 11.1 Å². The summed E-state index contributed by atoms with van der Waals surface area (Å²) >= 11 is 6.66. The predicted molar refractivity (Wildman–Crippen MR) is 110 cm³/mol. The Morgan fingerprint density at radius 3 is 2.45 bits per heavy atom. The molecule has 7 heteroatoms. The smallest absolute Gasteiger partial charge is 0.414 e. The summed E-state index contributed by atoms with van der Waals surface area (Å²) in [5.74, 6) is -1.01. The zero-order valence-electron chi connectivity index (χ0n) is 16.2. The molecule has 2 aromatic rings. The number of cyclic esters (lactones) is 1. The van der Waals surface area contributed by atoms with Crippen LogP contribution in [0.5, 0.6) is 0 Å². The second-order valence-corrected chi connectivity index (χ2v) is 8.34. The van der Waals surface area contributed by atoms with Gasteiger partial charge in [-0.1, -0.05) is 41.9 Å². The first-order valence-electron chi connectivity index (χ1n) is 9.47. The van der Waals surface area contributed by atoms with Crippen molar-refractivity contribution >= 4 is 35.2 Å². The Balaban J connectivity index is 1.65. The van der Waals surface area contributed by atoms with Crippen molar-refractivity contribution in [3.63, 3.8) is 0 Å². The van der Waals surface area contributed by atoms with Crippen LogP contribution in [0.15, 0.2) is 42.5 Å². The topological polar surface area (TPSA) is 75.7 Å². The maximum absolute atomic E-state index is 12.2. The standard InChI is InChI=1S/C22H21ClN2O4/c1-22(2)12-29-21(28)25(22)14-8-6-13(7-9-14)15-4-3-5-16(19(15)23)17-10-11-18(26)24-20(17)27/h3-9,17H,10-12H2,1-2H3,(H,24,26,27). The van der Waals surface area contributed by atoms with Crippen LogP contribution in [0.4, 0.5) is 10.5 Å². The molecule has 0 radical (unpaired) electrons. The van der Waals surface area contributed by atoms with Crippen LogP contribution in [0.3, 0.4) is 0 Å². The molecule has 6 nitrogen and oxygen atoms in total. The van der Waals surface area contributed by atoms with E-state index in [9.17, 15) is 14.4 Å². The second kappa shape index (κ2) is 7.19. The number of nitrogens with one attached hydrogen (secondary N) is 1. The quantitative estimate of drug-likeness (QED) is 0.764. The zero-order chi connectivity index (χ0) is 20.8. The van der Waals surface area contributed by atoms with Gasteiger partial charge in [-0.15, -0.1) is 0 Å². The molecule has 1 unspecified atom stereocenters. The molecule has 1 atom stereocenters. The van der Waals surface area contributed by atoms with Crippen LogP contribution in [-0.2, 0) is 14.3 Å². The number of nitrogens with zero attached hydrogens (tertiary/aromatic N) is 1. The average Bonchev–Trinajstić information content (AvgIpc) is 2.95. The minimum atomic E-state index is -0.445. The van der Waals surface area contributed by atoms with E-state index in [4.69, 9.17) is 16.3 Å². The molecule has 0 spiro atoms. The van der Waals surface area contributed by atoms with E-state index in [2.05, 4.69) is 5.32 Å². The molecule has 0 bridgehead atoms.